The number of hydrogen-bond acceptors (Lipinski definition) is 7. The number of pyridine rings is 1. The Morgan fingerprint density at radius 2 is 1.69 bits per heavy atom. The number of piperidine rings is 1. The second-order valence-electron chi connectivity index (χ2n) is 10.9. The van der Waals surface area contributed by atoms with Gasteiger partial charge < -0.3 is 19.9 Å². The number of likely N-dealkylation sites (tertiary alicyclic amines) is 1. The normalized spacial score (nSPS) is 15.9. The molecule has 1 aliphatic heterocycles. The maximum absolute atomic E-state index is 15.0. The van der Waals surface area contributed by atoms with Gasteiger partial charge in [0.15, 0.2) is 11.6 Å². The van der Waals surface area contributed by atoms with E-state index in [4.69, 9.17) is 0 Å². The Kier molecular flexibility index (Phi) is 7.59. The third kappa shape index (κ3) is 5.49. The summed E-state index contributed by atoms with van der Waals surface area (Å²) in [6, 6.07) is 7.08. The molecule has 10 heteroatoms. The van der Waals surface area contributed by atoms with E-state index in [1.54, 1.807) is 18.3 Å². The van der Waals surface area contributed by atoms with Crippen LogP contribution in [-0.2, 0) is 0 Å². The molecule has 5 rings (SSSR count). The molecule has 1 atom stereocenters. The highest BCUT2D eigenvalue weighted by molar-refractivity contribution is 5.83. The van der Waals surface area contributed by atoms with Crippen LogP contribution >= 0.6 is 0 Å². The Labute approximate surface area is 227 Å². The lowest BCUT2D eigenvalue weighted by molar-refractivity contribution is 0.0497. The van der Waals surface area contributed by atoms with Crippen LogP contribution in [0.4, 0.5) is 20.5 Å². The number of nitrogens with one attached hydrogen (secondary N) is 1. The van der Waals surface area contributed by atoms with E-state index in [-0.39, 0.29) is 29.1 Å². The number of imidazole rings is 1. The zero-order valence-electron chi connectivity index (χ0n) is 23.0. The van der Waals surface area contributed by atoms with Crippen LogP contribution in [-0.4, -0.2) is 53.6 Å². The number of aliphatic hydroxyl groups excluding tert-OH is 1. The van der Waals surface area contributed by atoms with Gasteiger partial charge in [-0.15, -0.1) is 0 Å². The summed E-state index contributed by atoms with van der Waals surface area (Å²) in [5.41, 5.74) is 1.84. The zero-order chi connectivity index (χ0) is 27.8. The Morgan fingerprint density at radius 3 is 2.33 bits per heavy atom. The maximum atomic E-state index is 15.0. The van der Waals surface area contributed by atoms with Gasteiger partial charge in [-0.25, -0.2) is 28.7 Å². The van der Waals surface area contributed by atoms with Crippen LogP contribution in [0.1, 0.15) is 64.1 Å². The Balaban J connectivity index is 1.35. The lowest BCUT2D eigenvalue weighted by Gasteiger charge is -2.36. The average molecular weight is 536 g/mol. The number of aryl methyl sites for hydroxylation is 1. The van der Waals surface area contributed by atoms with Gasteiger partial charge in [0.2, 0.25) is 5.95 Å². The number of aliphatic hydroxyl groups is 1. The van der Waals surface area contributed by atoms with Crippen molar-refractivity contribution < 1.29 is 13.9 Å². The van der Waals surface area contributed by atoms with Gasteiger partial charge >= 0.3 is 0 Å². The van der Waals surface area contributed by atoms with Crippen LogP contribution in [0.15, 0.2) is 36.7 Å². The van der Waals surface area contributed by atoms with Crippen LogP contribution < -0.4 is 5.32 Å². The summed E-state index contributed by atoms with van der Waals surface area (Å²) >= 11 is 0. The molecule has 0 spiro atoms. The molecule has 2 N–H and O–H groups in total. The van der Waals surface area contributed by atoms with E-state index in [2.05, 4.69) is 44.0 Å². The van der Waals surface area contributed by atoms with E-state index < -0.39 is 17.7 Å². The monoisotopic (exact) mass is 535 g/mol. The topological polar surface area (TPSA) is 92.0 Å². The minimum absolute atomic E-state index is 0.0257. The number of nitrogens with zero attached hydrogens (tertiary/aromatic N) is 6. The van der Waals surface area contributed by atoms with Crippen LogP contribution in [0.25, 0.3) is 22.3 Å². The molecule has 0 radical (unpaired) electrons. The lowest BCUT2D eigenvalue weighted by Crippen LogP contribution is -2.39. The van der Waals surface area contributed by atoms with Gasteiger partial charge in [0, 0.05) is 23.8 Å². The predicted octanol–water partition coefficient (Wildman–Crippen LogP) is 5.95. The number of aromatic nitrogens is 5. The molecule has 206 valence electrons. The second-order valence-corrected chi connectivity index (χ2v) is 10.9. The van der Waals surface area contributed by atoms with Crippen LogP contribution in [0.2, 0.25) is 0 Å². The third-order valence-electron chi connectivity index (χ3n) is 7.58. The minimum atomic E-state index is -0.665. The van der Waals surface area contributed by atoms with Gasteiger partial charge in [0.05, 0.1) is 17.8 Å². The average Bonchev–Trinajstić information content (AvgIpc) is 3.26. The molecule has 0 bridgehead atoms. The molecular weight excluding hydrogens is 500 g/mol. The van der Waals surface area contributed by atoms with Gasteiger partial charge in [-0.3, -0.25) is 0 Å². The summed E-state index contributed by atoms with van der Waals surface area (Å²) in [6.45, 7) is 12.1. The first-order valence-corrected chi connectivity index (χ1v) is 13.5. The van der Waals surface area contributed by atoms with Crippen molar-refractivity contribution in [3.05, 3.63) is 59.7 Å². The number of rotatable bonds is 7. The van der Waals surface area contributed by atoms with E-state index in [1.165, 1.54) is 6.07 Å². The quantitative estimate of drug-likeness (QED) is 0.302. The van der Waals surface area contributed by atoms with E-state index in [9.17, 15) is 13.9 Å². The Morgan fingerprint density at radius 1 is 0.949 bits per heavy atom. The van der Waals surface area contributed by atoms with Crippen LogP contribution in [0.3, 0.4) is 0 Å². The fourth-order valence-electron chi connectivity index (χ4n) is 5.48. The standard InChI is InChI=1S/C29H35F2N7O/c1-16(2)37-10-8-19(9-11-37)28(39)20-6-7-25(32-14-20)35-29-33-15-23(31)26(36-29)21-12-22(30)27-24(13-21)38(17(3)4)18(5)34-27/h6-7,12-17,19,28,39H,8-11H2,1-5H3,(H,32,33,35,36)/t28-/m1/s1. The largest absolute Gasteiger partial charge is 0.388 e. The van der Waals surface area contributed by atoms with Crippen molar-refractivity contribution in [3.63, 3.8) is 0 Å². The molecule has 0 unspecified atom stereocenters. The van der Waals surface area contributed by atoms with Gasteiger partial charge in [-0.2, -0.15) is 0 Å². The Bertz CT molecular complexity index is 1460. The van der Waals surface area contributed by atoms with Crippen molar-refractivity contribution in [2.75, 3.05) is 18.4 Å². The molecule has 1 fully saturated rings. The fraction of sp³-hybridized carbons (Fsp3) is 0.448. The van der Waals surface area contributed by atoms with Crippen molar-refractivity contribution in [2.45, 2.75) is 65.6 Å². The van der Waals surface area contributed by atoms with Gasteiger partial charge in [0.25, 0.3) is 0 Å². The van der Waals surface area contributed by atoms with Crippen molar-refractivity contribution in [1.82, 2.24) is 29.4 Å². The number of halogens is 2. The highest BCUT2D eigenvalue weighted by atomic mass is 19.1. The summed E-state index contributed by atoms with van der Waals surface area (Å²) in [5.74, 6) is 0.250. The molecular formula is C29H35F2N7O. The summed E-state index contributed by atoms with van der Waals surface area (Å²) in [7, 11) is 0. The second kappa shape index (κ2) is 10.9. The minimum Gasteiger partial charge on any atom is -0.388 e. The molecule has 0 aliphatic carbocycles. The van der Waals surface area contributed by atoms with Crippen molar-refractivity contribution in [3.8, 4) is 11.3 Å². The smallest absolute Gasteiger partial charge is 0.229 e. The van der Waals surface area contributed by atoms with Gasteiger partial charge in [-0.1, -0.05) is 6.07 Å². The molecule has 1 aromatic carbocycles. The lowest BCUT2D eigenvalue weighted by atomic mass is 9.87. The molecule has 1 aliphatic rings. The Hall–Kier alpha value is -3.50. The van der Waals surface area contributed by atoms with Crippen molar-refractivity contribution >= 4 is 22.8 Å². The zero-order valence-corrected chi connectivity index (χ0v) is 23.0. The fourth-order valence-corrected chi connectivity index (χ4v) is 5.48. The molecule has 39 heavy (non-hydrogen) atoms. The molecule has 3 aromatic heterocycles. The summed E-state index contributed by atoms with van der Waals surface area (Å²) in [6.07, 6.45) is 4.00. The summed E-state index contributed by atoms with van der Waals surface area (Å²) < 4.78 is 31.7. The van der Waals surface area contributed by atoms with E-state index in [0.29, 0.717) is 28.8 Å². The first-order chi connectivity index (χ1) is 18.6. The molecule has 8 nitrogen and oxygen atoms in total. The summed E-state index contributed by atoms with van der Waals surface area (Å²) in [5, 5.41) is 13.9. The molecule has 1 saturated heterocycles. The highest BCUT2D eigenvalue weighted by Crippen LogP contribution is 2.32. The first-order valence-electron chi connectivity index (χ1n) is 13.5. The molecule has 4 heterocycles. The number of fused-ring (bicyclic) bond motifs is 1. The van der Waals surface area contributed by atoms with Crippen molar-refractivity contribution in [2.24, 2.45) is 5.92 Å². The number of hydrogen-bond donors (Lipinski definition) is 2. The van der Waals surface area contributed by atoms with E-state index >= 15 is 0 Å². The SMILES string of the molecule is Cc1nc2c(F)cc(-c3nc(Nc4ccc([C@H](O)C5CCN(C(C)C)CC5)cn4)ncc3F)cc2n1C(C)C. The van der Waals surface area contributed by atoms with Crippen LogP contribution in [0.5, 0.6) is 0 Å². The van der Waals surface area contributed by atoms with E-state index in [1.807, 2.05) is 31.4 Å². The molecule has 0 amide bonds. The van der Waals surface area contributed by atoms with E-state index in [0.717, 1.165) is 37.7 Å². The maximum Gasteiger partial charge on any atom is 0.229 e. The molecule has 0 saturated carbocycles. The first kappa shape index (κ1) is 27.1. The van der Waals surface area contributed by atoms with Gasteiger partial charge in [0.1, 0.15) is 22.9 Å². The third-order valence-corrected chi connectivity index (χ3v) is 7.58. The van der Waals surface area contributed by atoms with Crippen LogP contribution in [0, 0.1) is 24.5 Å². The van der Waals surface area contributed by atoms with Crippen molar-refractivity contribution in [1.29, 1.82) is 0 Å². The molecule has 4 aromatic rings. The number of anilines is 2. The van der Waals surface area contributed by atoms with Gasteiger partial charge in [-0.05, 0) is 90.2 Å². The highest BCUT2D eigenvalue weighted by Gasteiger charge is 2.27. The number of benzene rings is 1. The predicted molar refractivity (Wildman–Crippen MR) is 148 cm³/mol. The summed E-state index contributed by atoms with van der Waals surface area (Å²) in [4.78, 5) is 19.6.